The molecule has 0 unspecified atom stereocenters. The molecule has 4 atom stereocenters. The van der Waals surface area contributed by atoms with Gasteiger partial charge >= 0.3 is 11.9 Å². The molecule has 1 amide bonds. The summed E-state index contributed by atoms with van der Waals surface area (Å²) >= 11 is 1.41. The molecule has 1 fully saturated rings. The molecule has 4 N–H and O–H groups in total. The largest absolute Gasteiger partial charge is 0.481 e. The molecule has 1 aliphatic heterocycles. The second kappa shape index (κ2) is 14.3. The number of ether oxygens (including phenoxy) is 2. The number of nitrogens with one attached hydrogen (secondary N) is 1. The summed E-state index contributed by atoms with van der Waals surface area (Å²) < 4.78 is 12.9. The van der Waals surface area contributed by atoms with E-state index >= 15 is 0 Å². The summed E-state index contributed by atoms with van der Waals surface area (Å²) in [7, 11) is 0. The minimum absolute atomic E-state index is 0.0653. The number of aliphatic hydroxyl groups is 1. The minimum Gasteiger partial charge on any atom is -0.481 e. The number of carbonyl (C=O) groups is 3. The molecule has 0 bridgehead atoms. The zero-order valence-corrected chi connectivity index (χ0v) is 23.4. The van der Waals surface area contributed by atoms with E-state index in [1.54, 1.807) is 42.5 Å². The molecular formula is C31H33NO8S. The number of rotatable bonds is 12. The highest BCUT2D eigenvalue weighted by Gasteiger charge is 2.38. The normalized spacial score (nSPS) is 20.3. The summed E-state index contributed by atoms with van der Waals surface area (Å²) in [6.07, 6.45) is -1.17. The number of benzene rings is 3. The number of aliphatic hydroxyl groups excluding tert-OH is 1. The van der Waals surface area contributed by atoms with Gasteiger partial charge in [0.15, 0.2) is 6.29 Å². The van der Waals surface area contributed by atoms with Crippen molar-refractivity contribution in [2.45, 2.75) is 56.2 Å². The predicted octanol–water partition coefficient (Wildman–Crippen LogP) is 5.65. The van der Waals surface area contributed by atoms with Crippen molar-refractivity contribution in [1.82, 2.24) is 0 Å². The van der Waals surface area contributed by atoms with Gasteiger partial charge in [0.1, 0.15) is 0 Å². The van der Waals surface area contributed by atoms with Crippen LogP contribution < -0.4 is 5.32 Å². The van der Waals surface area contributed by atoms with Gasteiger partial charge in [-0.05, 0) is 41.8 Å². The lowest BCUT2D eigenvalue weighted by atomic mass is 9.91. The van der Waals surface area contributed by atoms with E-state index in [0.29, 0.717) is 21.9 Å². The van der Waals surface area contributed by atoms with Gasteiger partial charge in [-0.2, -0.15) is 0 Å². The van der Waals surface area contributed by atoms with E-state index in [-0.39, 0.29) is 55.5 Å². The molecule has 0 spiro atoms. The Morgan fingerprint density at radius 3 is 2.37 bits per heavy atom. The number of carbonyl (C=O) groups excluding carboxylic acids is 1. The van der Waals surface area contributed by atoms with Crippen LogP contribution in [0.15, 0.2) is 77.7 Å². The van der Waals surface area contributed by atoms with Crippen molar-refractivity contribution in [2.75, 3.05) is 11.1 Å². The van der Waals surface area contributed by atoms with Crippen LogP contribution >= 0.6 is 11.8 Å². The van der Waals surface area contributed by atoms with E-state index in [0.717, 1.165) is 11.1 Å². The fraction of sp³-hybridized carbons (Fsp3) is 0.323. The molecule has 1 aliphatic rings. The molecule has 0 aromatic heterocycles. The van der Waals surface area contributed by atoms with Gasteiger partial charge in [-0.1, -0.05) is 55.5 Å². The minimum atomic E-state index is -0.990. The molecule has 10 heteroatoms. The Morgan fingerprint density at radius 1 is 0.902 bits per heavy atom. The maximum atomic E-state index is 12.3. The first-order valence-electron chi connectivity index (χ1n) is 13.3. The third-order valence-electron chi connectivity index (χ3n) is 6.88. The van der Waals surface area contributed by atoms with Gasteiger partial charge in [0.2, 0.25) is 5.91 Å². The van der Waals surface area contributed by atoms with E-state index in [2.05, 4.69) is 5.32 Å². The molecule has 4 rings (SSSR count). The van der Waals surface area contributed by atoms with Crippen molar-refractivity contribution in [2.24, 2.45) is 5.92 Å². The summed E-state index contributed by atoms with van der Waals surface area (Å²) in [5.41, 5.74) is 3.18. The highest BCUT2D eigenvalue weighted by atomic mass is 32.2. The van der Waals surface area contributed by atoms with Crippen molar-refractivity contribution in [3.63, 3.8) is 0 Å². The topological polar surface area (TPSA) is 142 Å². The Kier molecular flexibility index (Phi) is 10.5. The molecule has 0 saturated carbocycles. The van der Waals surface area contributed by atoms with Crippen LogP contribution in [0.25, 0.3) is 0 Å². The Morgan fingerprint density at radius 2 is 1.66 bits per heavy atom. The first-order valence-corrected chi connectivity index (χ1v) is 14.3. The van der Waals surface area contributed by atoms with Crippen molar-refractivity contribution >= 4 is 35.3 Å². The van der Waals surface area contributed by atoms with Crippen LogP contribution in [-0.4, -0.2) is 45.0 Å². The van der Waals surface area contributed by atoms with Gasteiger partial charge in [0.25, 0.3) is 0 Å². The predicted molar refractivity (Wildman–Crippen MR) is 154 cm³/mol. The first kappa shape index (κ1) is 30.3. The molecule has 0 radical (unpaired) electrons. The first-order chi connectivity index (χ1) is 19.7. The van der Waals surface area contributed by atoms with Crippen LogP contribution in [0.3, 0.4) is 0 Å². The molecule has 9 nitrogen and oxygen atoms in total. The SMILES string of the molecule is C[C@@H]1[C@H](CSc2ccccc2C(=O)O)O[C@H](c2cccc(NC(=O)CCCC(=O)O)c2)O[C@@H]1c1ccc(CO)cc1. The number of amides is 1. The van der Waals surface area contributed by atoms with Gasteiger partial charge < -0.3 is 30.1 Å². The highest BCUT2D eigenvalue weighted by molar-refractivity contribution is 7.99. The van der Waals surface area contributed by atoms with Crippen molar-refractivity contribution in [3.05, 3.63) is 95.1 Å². The van der Waals surface area contributed by atoms with Crippen LogP contribution in [-0.2, 0) is 25.7 Å². The summed E-state index contributed by atoms with van der Waals surface area (Å²) in [5, 5.41) is 30.7. The number of anilines is 1. The van der Waals surface area contributed by atoms with E-state index in [1.807, 2.05) is 37.3 Å². The third kappa shape index (κ3) is 8.17. The number of hydrogen-bond donors (Lipinski definition) is 4. The molecular weight excluding hydrogens is 546 g/mol. The number of thioether (sulfide) groups is 1. The molecule has 1 saturated heterocycles. The monoisotopic (exact) mass is 579 g/mol. The van der Waals surface area contributed by atoms with Crippen LogP contribution in [0.2, 0.25) is 0 Å². The van der Waals surface area contributed by atoms with Crippen molar-refractivity contribution in [1.29, 1.82) is 0 Å². The molecule has 1 heterocycles. The van der Waals surface area contributed by atoms with Gasteiger partial charge in [0.05, 0.1) is 24.4 Å². The Labute approximate surface area is 242 Å². The van der Waals surface area contributed by atoms with Crippen molar-refractivity contribution < 1.29 is 39.2 Å². The van der Waals surface area contributed by atoms with Gasteiger partial charge in [-0.25, -0.2) is 4.79 Å². The third-order valence-corrected chi connectivity index (χ3v) is 8.04. The summed E-state index contributed by atoms with van der Waals surface area (Å²) in [6.45, 7) is 1.97. The fourth-order valence-electron chi connectivity index (χ4n) is 4.64. The number of carboxylic acid groups (broad SMARTS) is 2. The van der Waals surface area contributed by atoms with Crippen LogP contribution in [0.1, 0.15) is 65.6 Å². The van der Waals surface area contributed by atoms with Crippen LogP contribution in [0, 0.1) is 5.92 Å². The summed E-state index contributed by atoms with van der Waals surface area (Å²) in [4.78, 5) is 35.4. The van der Waals surface area contributed by atoms with Gasteiger partial charge in [-0.15, -0.1) is 11.8 Å². The smallest absolute Gasteiger partial charge is 0.336 e. The molecule has 41 heavy (non-hydrogen) atoms. The quantitative estimate of drug-likeness (QED) is 0.200. The Hall–Kier alpha value is -3.70. The Balaban J connectivity index is 1.55. The van der Waals surface area contributed by atoms with E-state index in [9.17, 15) is 24.6 Å². The lowest BCUT2D eigenvalue weighted by Gasteiger charge is -2.41. The molecule has 3 aromatic rings. The van der Waals surface area contributed by atoms with Crippen LogP contribution in [0.4, 0.5) is 5.69 Å². The van der Waals surface area contributed by atoms with E-state index in [1.165, 1.54) is 11.8 Å². The zero-order chi connectivity index (χ0) is 29.4. The lowest BCUT2D eigenvalue weighted by Crippen LogP contribution is -2.38. The van der Waals surface area contributed by atoms with Gasteiger partial charge in [0, 0.05) is 40.7 Å². The maximum absolute atomic E-state index is 12.3. The number of hydrogen-bond acceptors (Lipinski definition) is 7. The molecule has 216 valence electrons. The maximum Gasteiger partial charge on any atom is 0.336 e. The van der Waals surface area contributed by atoms with E-state index in [4.69, 9.17) is 14.6 Å². The second-order valence-corrected chi connectivity index (χ2v) is 10.9. The molecule has 3 aromatic carbocycles. The second-order valence-electron chi connectivity index (χ2n) is 9.86. The zero-order valence-electron chi connectivity index (χ0n) is 22.6. The molecule has 0 aliphatic carbocycles. The van der Waals surface area contributed by atoms with E-state index < -0.39 is 18.2 Å². The summed E-state index contributed by atoms with van der Waals surface area (Å²) in [5.74, 6) is -1.82. The van der Waals surface area contributed by atoms with Crippen LogP contribution in [0.5, 0.6) is 0 Å². The number of aromatic carboxylic acids is 1. The fourth-order valence-corrected chi connectivity index (χ4v) is 5.85. The number of carboxylic acids is 2. The average molecular weight is 580 g/mol. The average Bonchev–Trinajstić information content (AvgIpc) is 2.96. The lowest BCUT2D eigenvalue weighted by molar-refractivity contribution is -0.268. The summed E-state index contributed by atoms with van der Waals surface area (Å²) in [6, 6.07) is 21.5. The standard InChI is InChI=1S/C31H33NO8S/c1-19-25(18-41-26-9-3-2-8-24(26)30(37)38)39-31(40-29(19)21-14-12-20(17-33)13-15-21)22-6-4-7-23(16-22)32-27(34)10-5-11-28(35)36/h2-4,6-9,12-16,19,25,29,31,33H,5,10-11,17-18H2,1H3,(H,32,34)(H,35,36)(H,37,38)/t19-,25+,29+,31+/m1/s1. The van der Waals surface area contributed by atoms with Crippen molar-refractivity contribution in [3.8, 4) is 0 Å². The Bertz CT molecular complexity index is 1360. The number of aliphatic carboxylic acids is 1. The highest BCUT2D eigenvalue weighted by Crippen LogP contribution is 2.43. The van der Waals surface area contributed by atoms with Gasteiger partial charge in [-0.3, -0.25) is 9.59 Å².